The lowest BCUT2D eigenvalue weighted by Gasteiger charge is -2.36. The van der Waals surface area contributed by atoms with E-state index in [0.717, 1.165) is 11.3 Å². The van der Waals surface area contributed by atoms with E-state index in [1.807, 2.05) is 19.9 Å². The first kappa shape index (κ1) is 23.5. The monoisotopic (exact) mass is 484 g/mol. The summed E-state index contributed by atoms with van der Waals surface area (Å²) in [6, 6.07) is 10.8. The Kier molecular flexibility index (Phi) is 7.58. The highest BCUT2D eigenvalue weighted by Crippen LogP contribution is 2.28. The van der Waals surface area contributed by atoms with Crippen LogP contribution in [-0.2, 0) is 14.8 Å². The van der Waals surface area contributed by atoms with Crippen LogP contribution in [0.5, 0.6) is 0 Å². The van der Waals surface area contributed by atoms with Crippen molar-refractivity contribution in [2.24, 2.45) is 5.92 Å². The number of benzene rings is 1. The summed E-state index contributed by atoms with van der Waals surface area (Å²) in [5, 5.41) is 5.46. The largest absolute Gasteiger partial charge is 0.338 e. The van der Waals surface area contributed by atoms with Gasteiger partial charge in [-0.15, -0.1) is 11.3 Å². The lowest BCUT2D eigenvalue weighted by Crippen LogP contribution is -2.57. The molecular weight excluding hydrogens is 460 g/mol. The van der Waals surface area contributed by atoms with E-state index in [-0.39, 0.29) is 42.2 Å². The zero-order valence-corrected chi connectivity index (χ0v) is 19.6. The summed E-state index contributed by atoms with van der Waals surface area (Å²) in [5.74, 6) is -0.363. The van der Waals surface area contributed by atoms with Crippen molar-refractivity contribution in [2.45, 2.75) is 24.1 Å². The van der Waals surface area contributed by atoms with Crippen molar-refractivity contribution in [3.63, 3.8) is 0 Å². The predicted molar refractivity (Wildman–Crippen MR) is 122 cm³/mol. The number of anilines is 1. The van der Waals surface area contributed by atoms with Crippen LogP contribution in [0.1, 0.15) is 13.8 Å². The maximum Gasteiger partial charge on any atom is 0.319 e. The first-order valence-corrected chi connectivity index (χ1v) is 12.5. The molecule has 0 saturated carbocycles. The molecule has 1 fully saturated rings. The van der Waals surface area contributed by atoms with Crippen LogP contribution in [0.4, 0.5) is 10.5 Å². The lowest BCUT2D eigenvalue weighted by molar-refractivity contribution is -0.135. The number of hydrogen-bond acceptors (Lipinski definition) is 5. The molecule has 0 aliphatic carbocycles. The van der Waals surface area contributed by atoms with Crippen molar-refractivity contribution in [3.8, 4) is 0 Å². The number of carbonyl (C=O) groups excluding carboxylic acids is 2. The summed E-state index contributed by atoms with van der Waals surface area (Å²) in [7, 11) is -3.63. The molecule has 1 saturated heterocycles. The van der Waals surface area contributed by atoms with Gasteiger partial charge < -0.3 is 15.5 Å². The fraction of sp³-hybridized carbons (Fsp3) is 0.400. The summed E-state index contributed by atoms with van der Waals surface area (Å²) in [6.45, 7) is 4.58. The second-order valence-electron chi connectivity index (χ2n) is 7.47. The first-order valence-electron chi connectivity index (χ1n) is 9.85. The minimum atomic E-state index is -3.63. The highest BCUT2D eigenvalue weighted by Gasteiger charge is 2.34. The summed E-state index contributed by atoms with van der Waals surface area (Å²) < 4.78 is 27.5. The van der Waals surface area contributed by atoms with Crippen molar-refractivity contribution >= 4 is 50.6 Å². The number of hydrogen-bond donors (Lipinski definition) is 2. The maximum atomic E-state index is 13.1. The molecular formula is C20H25ClN4O4S2. The molecule has 0 bridgehead atoms. The fourth-order valence-corrected chi connectivity index (χ4v) is 6.31. The standard InChI is InChI=1S/C20H25ClN4O4S2/c1-14(2)18(23-20(27)22-15-6-4-3-5-7-15)19(26)24-10-12-25(13-11-24)31(28,29)17-9-8-16(21)30-17/h3-9,14,18H,10-13H2,1-2H3,(H2,22,23,27). The average molecular weight is 485 g/mol. The van der Waals surface area contributed by atoms with Gasteiger partial charge in [0.1, 0.15) is 10.3 Å². The molecule has 1 aromatic carbocycles. The molecule has 3 rings (SSSR count). The molecule has 1 aliphatic rings. The SMILES string of the molecule is CC(C)C(NC(=O)Nc1ccccc1)C(=O)N1CCN(S(=O)(=O)c2ccc(Cl)s2)CC1. The minimum absolute atomic E-state index is 0.135. The van der Waals surface area contributed by atoms with Crippen LogP contribution in [0, 0.1) is 5.92 Å². The van der Waals surface area contributed by atoms with Crippen LogP contribution in [-0.4, -0.2) is 61.8 Å². The van der Waals surface area contributed by atoms with Gasteiger partial charge in [-0.3, -0.25) is 4.79 Å². The fourth-order valence-electron chi connectivity index (χ4n) is 3.25. The highest BCUT2D eigenvalue weighted by atomic mass is 35.5. The van der Waals surface area contributed by atoms with Crippen LogP contribution in [0.25, 0.3) is 0 Å². The van der Waals surface area contributed by atoms with Gasteiger partial charge in [-0.05, 0) is 30.2 Å². The summed E-state index contributed by atoms with van der Waals surface area (Å²) in [5.41, 5.74) is 0.627. The zero-order chi connectivity index (χ0) is 22.6. The second-order valence-corrected chi connectivity index (χ2v) is 11.4. The Bertz CT molecular complexity index is 1020. The molecule has 1 aliphatic heterocycles. The molecule has 0 radical (unpaired) electrons. The van der Waals surface area contributed by atoms with Gasteiger partial charge in [-0.25, -0.2) is 13.2 Å². The minimum Gasteiger partial charge on any atom is -0.338 e. The number of carbonyl (C=O) groups is 2. The second kappa shape index (κ2) is 9.99. The predicted octanol–water partition coefficient (Wildman–Crippen LogP) is 3.08. The zero-order valence-electron chi connectivity index (χ0n) is 17.2. The van der Waals surface area contributed by atoms with Crippen molar-refractivity contribution in [1.82, 2.24) is 14.5 Å². The third kappa shape index (κ3) is 5.76. The van der Waals surface area contributed by atoms with E-state index in [1.165, 1.54) is 10.4 Å². The van der Waals surface area contributed by atoms with Crippen molar-refractivity contribution < 1.29 is 18.0 Å². The molecule has 3 amide bonds. The van der Waals surface area contributed by atoms with Crippen LogP contribution >= 0.6 is 22.9 Å². The number of sulfonamides is 1. The third-order valence-electron chi connectivity index (χ3n) is 4.94. The van der Waals surface area contributed by atoms with Crippen LogP contribution in [0.2, 0.25) is 4.34 Å². The van der Waals surface area contributed by atoms with Crippen molar-refractivity contribution in [1.29, 1.82) is 0 Å². The molecule has 31 heavy (non-hydrogen) atoms. The Balaban J connectivity index is 1.60. The molecule has 0 spiro atoms. The Morgan fingerprint density at radius 3 is 2.23 bits per heavy atom. The molecule has 168 valence electrons. The summed E-state index contributed by atoms with van der Waals surface area (Å²) in [4.78, 5) is 27.0. The third-order valence-corrected chi connectivity index (χ3v) is 8.54. The number of halogens is 1. The van der Waals surface area contributed by atoms with E-state index in [1.54, 1.807) is 35.2 Å². The van der Waals surface area contributed by atoms with E-state index < -0.39 is 22.1 Å². The van der Waals surface area contributed by atoms with Gasteiger partial charge >= 0.3 is 6.03 Å². The Labute approximate surface area is 191 Å². The van der Waals surface area contributed by atoms with Crippen LogP contribution < -0.4 is 10.6 Å². The average Bonchev–Trinajstić information content (AvgIpc) is 3.19. The van der Waals surface area contributed by atoms with Crippen LogP contribution in [0.3, 0.4) is 0 Å². The molecule has 2 heterocycles. The van der Waals surface area contributed by atoms with Gasteiger partial charge in [0.25, 0.3) is 10.0 Å². The molecule has 2 aromatic rings. The number of para-hydroxylation sites is 1. The lowest BCUT2D eigenvalue weighted by atomic mass is 10.0. The van der Waals surface area contributed by atoms with Crippen molar-refractivity contribution in [2.75, 3.05) is 31.5 Å². The number of nitrogens with one attached hydrogen (secondary N) is 2. The maximum absolute atomic E-state index is 13.1. The van der Waals surface area contributed by atoms with Gasteiger partial charge in [-0.2, -0.15) is 4.31 Å². The van der Waals surface area contributed by atoms with E-state index >= 15 is 0 Å². The summed E-state index contributed by atoms with van der Waals surface area (Å²) in [6.07, 6.45) is 0. The van der Waals surface area contributed by atoms with E-state index in [4.69, 9.17) is 11.6 Å². The number of urea groups is 1. The number of piperazine rings is 1. The molecule has 1 unspecified atom stereocenters. The Morgan fingerprint density at radius 2 is 1.68 bits per heavy atom. The molecule has 8 nitrogen and oxygen atoms in total. The molecule has 1 atom stereocenters. The van der Waals surface area contributed by atoms with Gasteiger partial charge in [0.05, 0.1) is 4.34 Å². The number of rotatable bonds is 6. The van der Waals surface area contributed by atoms with Gasteiger partial charge in [0, 0.05) is 31.9 Å². The Hall–Kier alpha value is -2.14. The molecule has 1 aromatic heterocycles. The smallest absolute Gasteiger partial charge is 0.319 e. The topological polar surface area (TPSA) is 98.8 Å². The quantitative estimate of drug-likeness (QED) is 0.658. The number of nitrogens with zero attached hydrogens (tertiary/aromatic N) is 2. The number of thiophene rings is 1. The first-order chi connectivity index (χ1) is 14.7. The summed E-state index contributed by atoms with van der Waals surface area (Å²) >= 11 is 6.88. The van der Waals surface area contributed by atoms with Crippen molar-refractivity contribution in [3.05, 3.63) is 46.8 Å². The molecule has 2 N–H and O–H groups in total. The van der Waals surface area contributed by atoms with Gasteiger partial charge in [0.2, 0.25) is 5.91 Å². The van der Waals surface area contributed by atoms with E-state index in [0.29, 0.717) is 10.0 Å². The molecule has 11 heteroatoms. The van der Waals surface area contributed by atoms with Gasteiger partial charge in [-0.1, -0.05) is 43.6 Å². The number of amides is 3. The normalized spacial score (nSPS) is 16.2. The highest BCUT2D eigenvalue weighted by molar-refractivity contribution is 7.91. The van der Waals surface area contributed by atoms with Gasteiger partial charge in [0.15, 0.2) is 0 Å². The Morgan fingerprint density at radius 1 is 1.03 bits per heavy atom. The van der Waals surface area contributed by atoms with E-state index in [2.05, 4.69) is 10.6 Å². The van der Waals surface area contributed by atoms with Crippen LogP contribution in [0.15, 0.2) is 46.7 Å². The van der Waals surface area contributed by atoms with E-state index in [9.17, 15) is 18.0 Å².